The van der Waals surface area contributed by atoms with Crippen molar-refractivity contribution in [3.63, 3.8) is 0 Å². The monoisotopic (exact) mass is 548 g/mol. The van der Waals surface area contributed by atoms with Gasteiger partial charge in [-0.25, -0.2) is 0 Å². The highest BCUT2D eigenvalue weighted by Gasteiger charge is 2.27. The number of methoxy groups -OCH3 is 1. The van der Waals surface area contributed by atoms with E-state index in [1.807, 2.05) is 17.7 Å². The quantitative estimate of drug-likeness (QED) is 0.221. The molecule has 0 aliphatic rings. The van der Waals surface area contributed by atoms with E-state index in [2.05, 4.69) is 42.3 Å². The normalized spacial score (nSPS) is 12.5. The van der Waals surface area contributed by atoms with Gasteiger partial charge in [0, 0.05) is 20.6 Å². The molecule has 0 bridgehead atoms. The van der Waals surface area contributed by atoms with Gasteiger partial charge in [-0.05, 0) is 61.2 Å². The fourth-order valence-corrected chi connectivity index (χ4v) is 4.38. The van der Waals surface area contributed by atoms with E-state index in [1.54, 1.807) is 31.4 Å². The predicted octanol–water partition coefficient (Wildman–Crippen LogP) is 5.51. The number of aromatic nitrogens is 2. The molecule has 214 valence electrons. The van der Waals surface area contributed by atoms with E-state index in [4.69, 9.17) is 14.2 Å². The average Bonchev–Trinajstić information content (AvgIpc) is 3.26. The molecular formula is C31H40N4O5. The number of aryl methyl sites for hydroxylation is 2. The van der Waals surface area contributed by atoms with Crippen molar-refractivity contribution in [2.45, 2.75) is 64.8 Å². The Kier molecular flexibility index (Phi) is 12.0. The third-order valence-corrected chi connectivity index (χ3v) is 6.71. The first-order valence-electron chi connectivity index (χ1n) is 14.0. The zero-order chi connectivity index (χ0) is 28.9. The molecule has 40 heavy (non-hydrogen) atoms. The van der Waals surface area contributed by atoms with E-state index in [-0.39, 0.29) is 19.1 Å². The summed E-state index contributed by atoms with van der Waals surface area (Å²) in [5.74, 6) is -1.31. The van der Waals surface area contributed by atoms with E-state index in [0.717, 1.165) is 49.6 Å². The second kappa shape index (κ2) is 15.6. The highest BCUT2D eigenvalue weighted by atomic mass is 16.5. The molecule has 2 unspecified atom stereocenters. The summed E-state index contributed by atoms with van der Waals surface area (Å²) in [6.45, 7) is 4.62. The maximum Gasteiger partial charge on any atom is 0.302 e. The molecular weight excluding hydrogens is 508 g/mol. The van der Waals surface area contributed by atoms with E-state index in [1.165, 1.54) is 5.56 Å². The number of Topliss-reactive ketones (excluding diaryl/α,β-unsaturated/α-hetero) is 1. The largest absolute Gasteiger partial charge is 0.493 e. The van der Waals surface area contributed by atoms with Crippen LogP contribution in [0.5, 0.6) is 17.5 Å². The first kappa shape index (κ1) is 30.6. The number of carbonyl (C=O) groups excluding carboxylic acids is 2. The van der Waals surface area contributed by atoms with E-state index < -0.39 is 17.6 Å². The predicted molar refractivity (Wildman–Crippen MR) is 153 cm³/mol. The molecule has 1 aromatic heterocycles. The van der Waals surface area contributed by atoms with Crippen LogP contribution < -0.4 is 14.8 Å². The summed E-state index contributed by atoms with van der Waals surface area (Å²) < 4.78 is 18.8. The van der Waals surface area contributed by atoms with Gasteiger partial charge in [-0.15, -0.1) is 0 Å². The number of ether oxygens (including phenoxy) is 3. The maximum atomic E-state index is 12.6. The number of carbonyl (C=O) groups is 2. The summed E-state index contributed by atoms with van der Waals surface area (Å²) in [5, 5.41) is 12.2. The lowest BCUT2D eigenvalue weighted by Crippen LogP contribution is -2.43. The van der Waals surface area contributed by atoms with Gasteiger partial charge >= 0.3 is 6.01 Å². The summed E-state index contributed by atoms with van der Waals surface area (Å²) in [6.07, 6.45) is 5.88. The van der Waals surface area contributed by atoms with Gasteiger partial charge in [-0.2, -0.15) is 10.2 Å². The van der Waals surface area contributed by atoms with Crippen molar-refractivity contribution < 1.29 is 23.8 Å². The van der Waals surface area contributed by atoms with Gasteiger partial charge in [0.05, 0.1) is 36.4 Å². The topological polar surface area (TPSA) is 115 Å². The van der Waals surface area contributed by atoms with Crippen LogP contribution in [0.25, 0.3) is 11.0 Å². The minimum Gasteiger partial charge on any atom is -0.493 e. The van der Waals surface area contributed by atoms with Crippen molar-refractivity contribution in [1.29, 1.82) is 5.26 Å². The van der Waals surface area contributed by atoms with Crippen LogP contribution in [0, 0.1) is 17.2 Å². The standard InChI is InChI=1S/C31H40N4O5/c1-5-7-9-22-11-16-28-27(19-22)34-31(35(28)3)40-25-14-12-24(13-15-25)39-18-17-29(36)26(20-32)30(37)33-23(21-38-4)10-8-6-2/h11-16,19,23,26H,5-10,17-18,21H2,1-4H3,(H,33,37). The van der Waals surface area contributed by atoms with Crippen LogP contribution in [0.2, 0.25) is 0 Å². The van der Waals surface area contributed by atoms with E-state index >= 15 is 0 Å². The fourth-order valence-electron chi connectivity index (χ4n) is 4.38. The zero-order valence-corrected chi connectivity index (χ0v) is 23.9. The van der Waals surface area contributed by atoms with Crippen molar-refractivity contribution in [1.82, 2.24) is 14.9 Å². The number of amides is 1. The molecule has 2 atom stereocenters. The number of nitriles is 1. The van der Waals surface area contributed by atoms with Crippen molar-refractivity contribution in [3.05, 3.63) is 48.0 Å². The summed E-state index contributed by atoms with van der Waals surface area (Å²) in [7, 11) is 3.47. The Morgan fingerprint density at radius 1 is 1.07 bits per heavy atom. The Hall–Kier alpha value is -3.90. The molecule has 0 saturated carbocycles. The van der Waals surface area contributed by atoms with Crippen LogP contribution >= 0.6 is 0 Å². The Morgan fingerprint density at radius 2 is 1.80 bits per heavy atom. The number of imidazole rings is 1. The fraction of sp³-hybridized carbons (Fsp3) is 0.484. The van der Waals surface area contributed by atoms with Gasteiger partial charge in [-0.1, -0.05) is 39.2 Å². The lowest BCUT2D eigenvalue weighted by molar-refractivity contribution is -0.132. The molecule has 0 spiro atoms. The molecule has 9 heteroatoms. The van der Waals surface area contributed by atoms with Crippen LogP contribution in [-0.4, -0.2) is 47.6 Å². The molecule has 1 N–H and O–H groups in total. The van der Waals surface area contributed by atoms with Crippen molar-refractivity contribution in [2.24, 2.45) is 13.0 Å². The number of fused-ring (bicyclic) bond motifs is 1. The lowest BCUT2D eigenvalue weighted by atomic mass is 10.0. The third kappa shape index (κ3) is 8.55. The maximum absolute atomic E-state index is 12.6. The van der Waals surface area contributed by atoms with Crippen LogP contribution in [-0.2, 0) is 27.8 Å². The molecule has 0 aliphatic heterocycles. The number of nitrogens with one attached hydrogen (secondary N) is 1. The number of hydrogen-bond donors (Lipinski definition) is 1. The Balaban J connectivity index is 1.52. The van der Waals surface area contributed by atoms with Crippen LogP contribution in [0.1, 0.15) is 57.9 Å². The molecule has 1 heterocycles. The average molecular weight is 549 g/mol. The zero-order valence-electron chi connectivity index (χ0n) is 23.9. The highest BCUT2D eigenvalue weighted by Crippen LogP contribution is 2.27. The van der Waals surface area contributed by atoms with Gasteiger partial charge < -0.3 is 19.5 Å². The minimum atomic E-state index is -1.38. The number of rotatable bonds is 17. The van der Waals surface area contributed by atoms with Gasteiger partial charge in [0.15, 0.2) is 11.7 Å². The number of hydrogen-bond acceptors (Lipinski definition) is 7. The van der Waals surface area contributed by atoms with E-state index in [9.17, 15) is 14.9 Å². The smallest absolute Gasteiger partial charge is 0.302 e. The van der Waals surface area contributed by atoms with Gasteiger partial charge in [0.1, 0.15) is 11.5 Å². The van der Waals surface area contributed by atoms with Crippen LogP contribution in [0.4, 0.5) is 0 Å². The second-order valence-electron chi connectivity index (χ2n) is 9.88. The summed E-state index contributed by atoms with van der Waals surface area (Å²) in [4.78, 5) is 29.8. The molecule has 2 aromatic carbocycles. The lowest BCUT2D eigenvalue weighted by Gasteiger charge is -2.19. The van der Waals surface area contributed by atoms with Crippen molar-refractivity contribution in [2.75, 3.05) is 20.3 Å². The summed E-state index contributed by atoms with van der Waals surface area (Å²) >= 11 is 0. The Bertz CT molecular complexity index is 1300. The van der Waals surface area contributed by atoms with Gasteiger partial charge in [0.2, 0.25) is 5.91 Å². The molecule has 0 aliphatic carbocycles. The Morgan fingerprint density at radius 3 is 2.48 bits per heavy atom. The first-order chi connectivity index (χ1) is 19.4. The molecule has 3 rings (SSSR count). The molecule has 1 amide bonds. The van der Waals surface area contributed by atoms with Gasteiger partial charge in [-0.3, -0.25) is 14.2 Å². The van der Waals surface area contributed by atoms with Crippen LogP contribution in [0.15, 0.2) is 42.5 Å². The number of ketones is 1. The van der Waals surface area contributed by atoms with Crippen molar-refractivity contribution >= 4 is 22.7 Å². The Labute approximate surface area is 236 Å². The molecule has 0 radical (unpaired) electrons. The second-order valence-corrected chi connectivity index (χ2v) is 9.88. The minimum absolute atomic E-state index is 0.0486. The summed E-state index contributed by atoms with van der Waals surface area (Å²) in [6, 6.07) is 15.4. The number of nitrogens with zero attached hydrogens (tertiary/aromatic N) is 3. The van der Waals surface area contributed by atoms with Gasteiger partial charge in [0.25, 0.3) is 0 Å². The molecule has 0 fully saturated rings. The van der Waals surface area contributed by atoms with E-state index in [0.29, 0.717) is 24.1 Å². The first-order valence-corrected chi connectivity index (χ1v) is 14.0. The third-order valence-electron chi connectivity index (χ3n) is 6.71. The summed E-state index contributed by atoms with van der Waals surface area (Å²) in [5.41, 5.74) is 3.16. The molecule has 3 aromatic rings. The van der Waals surface area contributed by atoms with Crippen LogP contribution in [0.3, 0.4) is 0 Å². The molecule has 9 nitrogen and oxygen atoms in total. The number of benzene rings is 2. The molecule has 0 saturated heterocycles. The number of unbranched alkanes of at least 4 members (excludes halogenated alkanes) is 2. The van der Waals surface area contributed by atoms with Crippen molar-refractivity contribution in [3.8, 4) is 23.6 Å². The SMILES string of the molecule is CCCCc1ccc2c(c1)nc(Oc1ccc(OCCC(=O)C(C#N)C(=O)NC(CCCC)COC)cc1)n2C. The highest BCUT2D eigenvalue weighted by molar-refractivity contribution is 6.04.